The zero-order valence-corrected chi connectivity index (χ0v) is 11.2. The second kappa shape index (κ2) is 4.43. The van der Waals surface area contributed by atoms with E-state index in [1.807, 2.05) is 24.3 Å². The molecule has 0 saturated carbocycles. The standard InChI is InChI=1S/C12H8BrN5O/c13-9-3-1-2-7(4-9)8-5-15-12-16-11(10(14)19)17-18(12)6-8/h1-6H,(H2,14,19). The van der Waals surface area contributed by atoms with E-state index in [4.69, 9.17) is 5.73 Å². The highest BCUT2D eigenvalue weighted by Crippen LogP contribution is 2.22. The number of amides is 1. The monoisotopic (exact) mass is 317 g/mol. The number of hydrogen-bond acceptors (Lipinski definition) is 4. The van der Waals surface area contributed by atoms with Crippen molar-refractivity contribution in [3.63, 3.8) is 0 Å². The highest BCUT2D eigenvalue weighted by molar-refractivity contribution is 9.10. The van der Waals surface area contributed by atoms with Crippen LogP contribution in [0.1, 0.15) is 10.6 Å². The Hall–Kier alpha value is -2.28. The summed E-state index contributed by atoms with van der Waals surface area (Å²) in [7, 11) is 0. The molecule has 0 spiro atoms. The maximum atomic E-state index is 11.0. The molecule has 3 rings (SSSR count). The Morgan fingerprint density at radius 3 is 2.89 bits per heavy atom. The lowest BCUT2D eigenvalue weighted by molar-refractivity contribution is 0.0990. The molecule has 2 N–H and O–H groups in total. The van der Waals surface area contributed by atoms with Crippen LogP contribution >= 0.6 is 15.9 Å². The predicted molar refractivity (Wildman–Crippen MR) is 72.4 cm³/mol. The van der Waals surface area contributed by atoms with Crippen molar-refractivity contribution in [1.29, 1.82) is 0 Å². The molecule has 0 aliphatic rings. The molecule has 1 amide bonds. The second-order valence-corrected chi connectivity index (χ2v) is 4.81. The van der Waals surface area contributed by atoms with Crippen LogP contribution in [0.3, 0.4) is 0 Å². The molecule has 6 nitrogen and oxygen atoms in total. The van der Waals surface area contributed by atoms with E-state index in [-0.39, 0.29) is 5.82 Å². The van der Waals surface area contributed by atoms with Gasteiger partial charge in [0.2, 0.25) is 5.82 Å². The lowest BCUT2D eigenvalue weighted by Crippen LogP contribution is -2.12. The Bertz CT molecular complexity index is 783. The smallest absolute Gasteiger partial charge is 0.288 e. The number of primary amides is 1. The van der Waals surface area contributed by atoms with Gasteiger partial charge < -0.3 is 5.73 Å². The fourth-order valence-corrected chi connectivity index (χ4v) is 2.10. The summed E-state index contributed by atoms with van der Waals surface area (Å²) in [5, 5.41) is 3.98. The zero-order valence-electron chi connectivity index (χ0n) is 9.62. The average Bonchev–Trinajstić information content (AvgIpc) is 2.81. The van der Waals surface area contributed by atoms with Crippen LogP contribution in [0, 0.1) is 0 Å². The summed E-state index contributed by atoms with van der Waals surface area (Å²) in [6.07, 6.45) is 3.43. The van der Waals surface area contributed by atoms with E-state index in [2.05, 4.69) is 31.0 Å². The zero-order chi connectivity index (χ0) is 13.4. The molecule has 0 fully saturated rings. The molecule has 1 aromatic carbocycles. The highest BCUT2D eigenvalue weighted by atomic mass is 79.9. The number of hydrogen-bond donors (Lipinski definition) is 1. The van der Waals surface area contributed by atoms with E-state index < -0.39 is 5.91 Å². The van der Waals surface area contributed by atoms with Gasteiger partial charge in [-0.1, -0.05) is 28.1 Å². The van der Waals surface area contributed by atoms with Gasteiger partial charge in [0.25, 0.3) is 11.7 Å². The van der Waals surface area contributed by atoms with E-state index >= 15 is 0 Å². The Kier molecular flexibility index (Phi) is 2.75. The summed E-state index contributed by atoms with van der Waals surface area (Å²) in [5.74, 6) is -0.374. The fraction of sp³-hybridized carbons (Fsp3) is 0. The number of aromatic nitrogens is 4. The SMILES string of the molecule is NC(=O)c1nc2ncc(-c3cccc(Br)c3)cn2n1. The van der Waals surface area contributed by atoms with Crippen molar-refractivity contribution in [2.24, 2.45) is 5.73 Å². The fourth-order valence-electron chi connectivity index (χ4n) is 1.70. The number of benzene rings is 1. The highest BCUT2D eigenvalue weighted by Gasteiger charge is 2.10. The third kappa shape index (κ3) is 2.19. The summed E-state index contributed by atoms with van der Waals surface area (Å²) in [5.41, 5.74) is 6.99. The lowest BCUT2D eigenvalue weighted by atomic mass is 10.1. The van der Waals surface area contributed by atoms with Crippen molar-refractivity contribution in [3.05, 3.63) is 47.0 Å². The van der Waals surface area contributed by atoms with E-state index in [0.717, 1.165) is 15.6 Å². The van der Waals surface area contributed by atoms with Crippen LogP contribution < -0.4 is 5.73 Å². The minimum atomic E-state index is -0.672. The second-order valence-electron chi connectivity index (χ2n) is 3.90. The van der Waals surface area contributed by atoms with Crippen LogP contribution in [-0.2, 0) is 0 Å². The number of nitrogens with two attached hydrogens (primary N) is 1. The summed E-state index contributed by atoms with van der Waals surface area (Å²) >= 11 is 3.42. The Morgan fingerprint density at radius 2 is 2.16 bits per heavy atom. The Morgan fingerprint density at radius 1 is 1.32 bits per heavy atom. The number of carbonyl (C=O) groups excluding carboxylic acids is 1. The Labute approximate surface area is 116 Å². The maximum absolute atomic E-state index is 11.0. The van der Waals surface area contributed by atoms with Crippen molar-refractivity contribution >= 4 is 27.6 Å². The molecule has 2 aromatic heterocycles. The average molecular weight is 318 g/mol. The van der Waals surface area contributed by atoms with Crippen LogP contribution in [0.25, 0.3) is 16.9 Å². The van der Waals surface area contributed by atoms with Crippen LogP contribution in [0.5, 0.6) is 0 Å². The van der Waals surface area contributed by atoms with Crippen LogP contribution in [0.15, 0.2) is 41.1 Å². The van der Waals surface area contributed by atoms with Crippen LogP contribution in [-0.4, -0.2) is 25.5 Å². The number of halogens is 1. The van der Waals surface area contributed by atoms with Crippen LogP contribution in [0.2, 0.25) is 0 Å². The van der Waals surface area contributed by atoms with Gasteiger partial charge in [-0.3, -0.25) is 4.79 Å². The number of carbonyl (C=O) groups is 1. The Balaban J connectivity index is 2.13. The van der Waals surface area contributed by atoms with E-state index in [0.29, 0.717) is 5.78 Å². The first-order chi connectivity index (χ1) is 9.13. The molecule has 94 valence electrons. The summed E-state index contributed by atoms with van der Waals surface area (Å²) in [6, 6.07) is 7.80. The van der Waals surface area contributed by atoms with Gasteiger partial charge in [0.1, 0.15) is 0 Å². The molecule has 0 aliphatic carbocycles. The number of rotatable bonds is 2. The normalized spacial score (nSPS) is 10.8. The number of nitrogens with zero attached hydrogens (tertiary/aromatic N) is 4. The quantitative estimate of drug-likeness (QED) is 0.778. The summed E-state index contributed by atoms with van der Waals surface area (Å²) in [6.45, 7) is 0. The molecule has 0 saturated heterocycles. The topological polar surface area (TPSA) is 86.2 Å². The van der Waals surface area contributed by atoms with Crippen molar-refractivity contribution in [3.8, 4) is 11.1 Å². The molecule has 0 radical (unpaired) electrons. The number of fused-ring (bicyclic) bond motifs is 1. The first-order valence-corrected chi connectivity index (χ1v) is 6.21. The molecule has 7 heteroatoms. The predicted octanol–water partition coefficient (Wildman–Crippen LogP) is 1.65. The first-order valence-electron chi connectivity index (χ1n) is 5.41. The van der Waals surface area contributed by atoms with Crippen molar-refractivity contribution < 1.29 is 4.79 Å². The molecule has 19 heavy (non-hydrogen) atoms. The molecule has 3 aromatic rings. The van der Waals surface area contributed by atoms with Gasteiger partial charge in [0, 0.05) is 22.4 Å². The molecule has 0 bridgehead atoms. The molecule has 2 heterocycles. The summed E-state index contributed by atoms with van der Waals surface area (Å²) in [4.78, 5) is 19.1. The molecule has 0 atom stereocenters. The van der Waals surface area contributed by atoms with Crippen molar-refractivity contribution in [2.45, 2.75) is 0 Å². The van der Waals surface area contributed by atoms with Gasteiger partial charge in [0.15, 0.2) is 0 Å². The van der Waals surface area contributed by atoms with Gasteiger partial charge >= 0.3 is 0 Å². The van der Waals surface area contributed by atoms with E-state index in [1.54, 1.807) is 12.4 Å². The van der Waals surface area contributed by atoms with Gasteiger partial charge in [-0.05, 0) is 17.7 Å². The largest absolute Gasteiger partial charge is 0.363 e. The van der Waals surface area contributed by atoms with E-state index in [1.165, 1.54) is 4.52 Å². The molecule has 0 aliphatic heterocycles. The molecule has 0 unspecified atom stereocenters. The van der Waals surface area contributed by atoms with Gasteiger partial charge in [-0.25, -0.2) is 9.50 Å². The summed E-state index contributed by atoms with van der Waals surface area (Å²) < 4.78 is 2.41. The minimum Gasteiger partial charge on any atom is -0.363 e. The first kappa shape index (κ1) is 11.8. The molecular formula is C12H8BrN5O. The van der Waals surface area contributed by atoms with Crippen molar-refractivity contribution in [2.75, 3.05) is 0 Å². The maximum Gasteiger partial charge on any atom is 0.288 e. The van der Waals surface area contributed by atoms with Gasteiger partial charge in [-0.2, -0.15) is 4.98 Å². The van der Waals surface area contributed by atoms with Gasteiger partial charge in [0.05, 0.1) is 0 Å². The minimum absolute atomic E-state index is 0.0427. The third-order valence-corrected chi connectivity index (χ3v) is 3.07. The van der Waals surface area contributed by atoms with Crippen molar-refractivity contribution in [1.82, 2.24) is 19.6 Å². The third-order valence-electron chi connectivity index (χ3n) is 2.57. The van der Waals surface area contributed by atoms with Crippen LogP contribution in [0.4, 0.5) is 0 Å². The lowest BCUT2D eigenvalue weighted by Gasteiger charge is -2.01. The van der Waals surface area contributed by atoms with Gasteiger partial charge in [-0.15, -0.1) is 5.10 Å². The van der Waals surface area contributed by atoms with E-state index in [9.17, 15) is 4.79 Å². The molecular weight excluding hydrogens is 310 g/mol.